The number of Topliss-reactive ketones (excluding diaryl/α,β-unsaturated/α-hetero) is 1. The molecular formula is C18H21NO4. The van der Waals surface area contributed by atoms with E-state index >= 15 is 0 Å². The van der Waals surface area contributed by atoms with E-state index in [-0.39, 0.29) is 18.7 Å². The molecule has 0 aromatic heterocycles. The molecule has 0 aliphatic heterocycles. The van der Waals surface area contributed by atoms with E-state index in [2.05, 4.69) is 11.9 Å². The van der Waals surface area contributed by atoms with Crippen LogP contribution in [0.15, 0.2) is 49.1 Å². The summed E-state index contributed by atoms with van der Waals surface area (Å²) in [5.74, 6) is -0.0831. The first-order chi connectivity index (χ1) is 11.0. The van der Waals surface area contributed by atoms with Crippen molar-refractivity contribution >= 4 is 18.0 Å². The number of ether oxygens (including phenoxy) is 1. The third-order valence-corrected chi connectivity index (χ3v) is 3.57. The zero-order valence-corrected chi connectivity index (χ0v) is 13.4. The Bertz CT molecular complexity index is 604. The van der Waals surface area contributed by atoms with Gasteiger partial charge < -0.3 is 10.1 Å². The first-order valence-corrected chi connectivity index (χ1v) is 7.16. The van der Waals surface area contributed by atoms with Crippen LogP contribution in [0.4, 0.5) is 0 Å². The quantitative estimate of drug-likeness (QED) is 0.328. The lowest BCUT2D eigenvalue weighted by Crippen LogP contribution is -2.44. The Kier molecular flexibility index (Phi) is 6.93. The van der Waals surface area contributed by atoms with Crippen molar-refractivity contribution in [2.75, 3.05) is 7.11 Å². The fourth-order valence-corrected chi connectivity index (χ4v) is 2.17. The van der Waals surface area contributed by atoms with Crippen molar-refractivity contribution in [1.82, 2.24) is 5.32 Å². The number of ketones is 1. The third-order valence-electron chi connectivity index (χ3n) is 3.57. The summed E-state index contributed by atoms with van der Waals surface area (Å²) in [4.78, 5) is 35.1. The van der Waals surface area contributed by atoms with Gasteiger partial charge in [0, 0.05) is 6.54 Å². The molecule has 0 aliphatic rings. The molecule has 23 heavy (non-hydrogen) atoms. The van der Waals surface area contributed by atoms with Crippen LogP contribution in [0.2, 0.25) is 0 Å². The summed E-state index contributed by atoms with van der Waals surface area (Å²) in [5, 5.41) is 2.74. The number of rotatable bonds is 9. The first-order valence-electron chi connectivity index (χ1n) is 7.16. The van der Waals surface area contributed by atoms with E-state index in [9.17, 15) is 14.4 Å². The Hall–Kier alpha value is -2.69. The highest BCUT2D eigenvalue weighted by Crippen LogP contribution is 2.27. The number of aldehydes is 1. The van der Waals surface area contributed by atoms with Crippen molar-refractivity contribution in [3.63, 3.8) is 0 Å². The lowest BCUT2D eigenvalue weighted by Gasteiger charge is -2.25. The molecule has 1 amide bonds. The molecule has 5 heteroatoms. The second kappa shape index (κ2) is 8.68. The van der Waals surface area contributed by atoms with Gasteiger partial charge in [0.05, 0.1) is 7.11 Å². The van der Waals surface area contributed by atoms with Gasteiger partial charge in [-0.05, 0) is 37.1 Å². The van der Waals surface area contributed by atoms with Crippen LogP contribution in [0.5, 0.6) is 5.75 Å². The van der Waals surface area contributed by atoms with E-state index in [0.717, 1.165) is 17.4 Å². The number of carbonyl (C=O) groups is 3. The summed E-state index contributed by atoms with van der Waals surface area (Å²) in [7, 11) is 1.58. The predicted octanol–water partition coefficient (Wildman–Crippen LogP) is 2.22. The largest absolute Gasteiger partial charge is 0.497 e. The lowest BCUT2D eigenvalue weighted by atomic mass is 9.79. The molecule has 1 N–H and O–H groups in total. The van der Waals surface area contributed by atoms with Gasteiger partial charge in [0.25, 0.3) is 0 Å². The summed E-state index contributed by atoms with van der Waals surface area (Å²) in [5.41, 5.74) is -0.538. The van der Waals surface area contributed by atoms with Crippen LogP contribution in [0, 0.1) is 5.41 Å². The van der Waals surface area contributed by atoms with Gasteiger partial charge in [0.1, 0.15) is 23.2 Å². The maximum Gasteiger partial charge on any atom is 0.238 e. The number of methoxy groups -OCH3 is 1. The Morgan fingerprint density at radius 1 is 1.30 bits per heavy atom. The molecule has 5 nitrogen and oxygen atoms in total. The van der Waals surface area contributed by atoms with E-state index in [4.69, 9.17) is 4.74 Å². The minimum Gasteiger partial charge on any atom is -0.497 e. The van der Waals surface area contributed by atoms with Crippen molar-refractivity contribution < 1.29 is 19.1 Å². The zero-order valence-electron chi connectivity index (χ0n) is 13.4. The predicted molar refractivity (Wildman–Crippen MR) is 88.0 cm³/mol. The van der Waals surface area contributed by atoms with Gasteiger partial charge in [-0.2, -0.15) is 0 Å². The van der Waals surface area contributed by atoms with E-state index in [1.54, 1.807) is 19.2 Å². The van der Waals surface area contributed by atoms with Gasteiger partial charge in [-0.25, -0.2) is 0 Å². The maximum atomic E-state index is 12.5. The number of carbonyl (C=O) groups excluding carboxylic acids is 3. The van der Waals surface area contributed by atoms with Gasteiger partial charge in [0.15, 0.2) is 0 Å². The van der Waals surface area contributed by atoms with E-state index < -0.39 is 11.3 Å². The van der Waals surface area contributed by atoms with Crippen molar-refractivity contribution in [3.8, 4) is 5.75 Å². The smallest absolute Gasteiger partial charge is 0.238 e. The maximum absolute atomic E-state index is 12.5. The molecule has 122 valence electrons. The minimum atomic E-state index is -1.41. The monoisotopic (exact) mass is 315 g/mol. The van der Waals surface area contributed by atoms with E-state index in [0.29, 0.717) is 6.29 Å². The molecule has 0 radical (unpaired) electrons. The molecular weight excluding hydrogens is 294 g/mol. The summed E-state index contributed by atoms with van der Waals surface area (Å²) in [6.07, 6.45) is 4.65. The SMILES string of the molecule is C=CC[C@@](/C=C/C=O)(C(C)=O)C(=O)NCc1ccc(OC)cc1. The van der Waals surface area contributed by atoms with Crippen LogP contribution >= 0.6 is 0 Å². The molecule has 1 aromatic carbocycles. The average molecular weight is 315 g/mol. The Balaban J connectivity index is 2.91. The number of hydrogen-bond acceptors (Lipinski definition) is 4. The van der Waals surface area contributed by atoms with E-state index in [1.807, 2.05) is 12.1 Å². The molecule has 1 atom stereocenters. The number of hydrogen-bond donors (Lipinski definition) is 1. The minimum absolute atomic E-state index is 0.126. The van der Waals surface area contributed by atoms with Gasteiger partial charge in [-0.15, -0.1) is 6.58 Å². The summed E-state index contributed by atoms with van der Waals surface area (Å²) in [6, 6.07) is 7.22. The average Bonchev–Trinajstić information content (AvgIpc) is 2.56. The lowest BCUT2D eigenvalue weighted by molar-refractivity contribution is -0.137. The summed E-state index contributed by atoms with van der Waals surface area (Å²) >= 11 is 0. The number of benzene rings is 1. The Labute approximate surface area is 136 Å². The molecule has 0 saturated carbocycles. The highest BCUT2D eigenvalue weighted by atomic mass is 16.5. The first kappa shape index (κ1) is 18.4. The van der Waals surface area contributed by atoms with Crippen LogP contribution in [0.1, 0.15) is 18.9 Å². The van der Waals surface area contributed by atoms with Crippen molar-refractivity contribution in [2.45, 2.75) is 19.9 Å². The number of amides is 1. The van der Waals surface area contributed by atoms with E-state index in [1.165, 1.54) is 19.1 Å². The van der Waals surface area contributed by atoms with Crippen LogP contribution in [-0.4, -0.2) is 25.1 Å². The van der Waals surface area contributed by atoms with Gasteiger partial charge >= 0.3 is 0 Å². The van der Waals surface area contributed by atoms with Crippen molar-refractivity contribution in [1.29, 1.82) is 0 Å². The van der Waals surface area contributed by atoms with Crippen LogP contribution in [0.25, 0.3) is 0 Å². The molecule has 0 unspecified atom stereocenters. The van der Waals surface area contributed by atoms with Gasteiger partial charge in [-0.3, -0.25) is 14.4 Å². The summed E-state index contributed by atoms with van der Waals surface area (Å²) in [6.45, 7) is 5.18. The Morgan fingerprint density at radius 2 is 1.96 bits per heavy atom. The Morgan fingerprint density at radius 3 is 2.43 bits per heavy atom. The fourth-order valence-electron chi connectivity index (χ4n) is 2.17. The molecule has 0 aliphatic carbocycles. The molecule has 1 aromatic rings. The molecule has 0 bridgehead atoms. The van der Waals surface area contributed by atoms with Gasteiger partial charge in [-0.1, -0.05) is 24.3 Å². The van der Waals surface area contributed by atoms with Crippen LogP contribution in [0.3, 0.4) is 0 Å². The summed E-state index contributed by atoms with van der Waals surface area (Å²) < 4.78 is 5.07. The fraction of sp³-hybridized carbons (Fsp3) is 0.278. The van der Waals surface area contributed by atoms with Crippen LogP contribution in [-0.2, 0) is 20.9 Å². The molecule has 0 saturated heterocycles. The normalized spacial score (nSPS) is 13.1. The zero-order chi connectivity index (χ0) is 17.3. The highest BCUT2D eigenvalue weighted by molar-refractivity contribution is 6.07. The van der Waals surface area contributed by atoms with Gasteiger partial charge in [0.2, 0.25) is 5.91 Å². The number of nitrogens with one attached hydrogen (secondary N) is 1. The second-order valence-corrected chi connectivity index (χ2v) is 5.05. The molecule has 0 fully saturated rings. The van der Waals surface area contributed by atoms with Crippen molar-refractivity contribution in [2.24, 2.45) is 5.41 Å². The van der Waals surface area contributed by atoms with Crippen LogP contribution < -0.4 is 10.1 Å². The highest BCUT2D eigenvalue weighted by Gasteiger charge is 2.39. The second-order valence-electron chi connectivity index (χ2n) is 5.05. The molecule has 1 rings (SSSR count). The topological polar surface area (TPSA) is 72.5 Å². The number of allylic oxidation sites excluding steroid dienone is 2. The third kappa shape index (κ3) is 4.64. The molecule has 0 spiro atoms. The standard InChI is InChI=1S/C18H21NO4/c1-4-10-18(14(2)21,11-5-12-20)17(22)19-13-15-6-8-16(23-3)9-7-15/h4-9,11-12H,1,10,13H2,2-3H3,(H,19,22)/b11-5+/t18-/m1/s1. The van der Waals surface area contributed by atoms with Crippen molar-refractivity contribution in [3.05, 3.63) is 54.6 Å². The molecule has 0 heterocycles.